The van der Waals surface area contributed by atoms with Crippen LogP contribution < -0.4 is 5.32 Å². The number of aryl methyl sites for hydroxylation is 1. The van der Waals surface area contributed by atoms with Crippen molar-refractivity contribution in [3.8, 4) is 0 Å². The van der Waals surface area contributed by atoms with Gasteiger partial charge in [0.1, 0.15) is 0 Å². The van der Waals surface area contributed by atoms with Gasteiger partial charge in [-0.15, -0.1) is 0 Å². The number of anilines is 1. The SMILES string of the molecule is CCCNc1c2c(nc3c(C(C)C)cccc13)CCC2. The van der Waals surface area contributed by atoms with Crippen molar-refractivity contribution in [3.05, 3.63) is 35.0 Å². The largest absolute Gasteiger partial charge is 0.384 e. The van der Waals surface area contributed by atoms with Crippen LogP contribution in [0.3, 0.4) is 0 Å². The van der Waals surface area contributed by atoms with Gasteiger partial charge in [0.05, 0.1) is 5.52 Å². The average molecular weight is 268 g/mol. The Kier molecular flexibility index (Phi) is 3.64. The van der Waals surface area contributed by atoms with E-state index in [1.165, 1.54) is 46.3 Å². The standard InChI is InChI=1S/C18H24N2/c1-4-11-19-17-14-8-6-10-16(14)20-18-13(12(2)3)7-5-9-15(17)18/h5,7,9,12H,4,6,8,10-11H2,1-3H3,(H,19,20). The lowest BCUT2D eigenvalue weighted by Crippen LogP contribution is -2.06. The molecule has 20 heavy (non-hydrogen) atoms. The summed E-state index contributed by atoms with van der Waals surface area (Å²) in [5.41, 5.74) is 6.72. The third-order valence-corrected chi connectivity index (χ3v) is 4.25. The Morgan fingerprint density at radius 1 is 1.25 bits per heavy atom. The Balaban J connectivity index is 2.25. The zero-order valence-corrected chi connectivity index (χ0v) is 12.8. The minimum absolute atomic E-state index is 0.518. The van der Waals surface area contributed by atoms with E-state index in [2.05, 4.69) is 44.3 Å². The number of pyridine rings is 1. The number of fused-ring (bicyclic) bond motifs is 2. The van der Waals surface area contributed by atoms with Crippen molar-refractivity contribution in [1.29, 1.82) is 0 Å². The lowest BCUT2D eigenvalue weighted by molar-refractivity contribution is 0.869. The second-order valence-corrected chi connectivity index (χ2v) is 6.09. The van der Waals surface area contributed by atoms with Crippen LogP contribution in [0.5, 0.6) is 0 Å². The third kappa shape index (κ3) is 2.17. The molecular weight excluding hydrogens is 244 g/mol. The molecule has 0 bridgehead atoms. The fourth-order valence-corrected chi connectivity index (χ4v) is 3.22. The highest BCUT2D eigenvalue weighted by Crippen LogP contribution is 2.36. The van der Waals surface area contributed by atoms with Crippen LogP contribution in [-0.4, -0.2) is 11.5 Å². The molecule has 1 aliphatic rings. The molecular formula is C18H24N2. The number of benzene rings is 1. The number of hydrogen-bond donors (Lipinski definition) is 1. The van der Waals surface area contributed by atoms with Gasteiger partial charge in [-0.3, -0.25) is 4.98 Å². The third-order valence-electron chi connectivity index (χ3n) is 4.25. The van der Waals surface area contributed by atoms with E-state index in [9.17, 15) is 0 Å². The molecule has 0 radical (unpaired) electrons. The molecule has 0 spiro atoms. The molecule has 0 aliphatic heterocycles. The Bertz CT molecular complexity index is 629. The quantitative estimate of drug-likeness (QED) is 0.871. The zero-order chi connectivity index (χ0) is 14.1. The lowest BCUT2D eigenvalue weighted by atomic mass is 9.97. The summed E-state index contributed by atoms with van der Waals surface area (Å²) in [6.45, 7) is 7.76. The zero-order valence-electron chi connectivity index (χ0n) is 12.8. The maximum absolute atomic E-state index is 5.01. The van der Waals surface area contributed by atoms with E-state index in [1.54, 1.807) is 0 Å². The summed E-state index contributed by atoms with van der Waals surface area (Å²) in [6, 6.07) is 6.63. The van der Waals surface area contributed by atoms with E-state index in [0.29, 0.717) is 5.92 Å². The van der Waals surface area contributed by atoms with Crippen molar-refractivity contribution in [2.45, 2.75) is 52.4 Å². The van der Waals surface area contributed by atoms with Gasteiger partial charge < -0.3 is 5.32 Å². The van der Waals surface area contributed by atoms with Gasteiger partial charge in [0.2, 0.25) is 0 Å². The normalized spacial score (nSPS) is 14.0. The van der Waals surface area contributed by atoms with Gasteiger partial charge in [0.25, 0.3) is 0 Å². The summed E-state index contributed by atoms with van der Waals surface area (Å²) in [5, 5.41) is 4.97. The summed E-state index contributed by atoms with van der Waals surface area (Å²) in [4.78, 5) is 5.01. The number of rotatable bonds is 4. The number of nitrogens with zero attached hydrogens (tertiary/aromatic N) is 1. The van der Waals surface area contributed by atoms with Gasteiger partial charge in [0.15, 0.2) is 0 Å². The maximum atomic E-state index is 5.01. The number of aromatic nitrogens is 1. The van der Waals surface area contributed by atoms with Crippen LogP contribution in [0.4, 0.5) is 5.69 Å². The van der Waals surface area contributed by atoms with E-state index in [4.69, 9.17) is 4.98 Å². The molecule has 1 aromatic carbocycles. The number of para-hydroxylation sites is 1. The first-order valence-corrected chi connectivity index (χ1v) is 7.90. The van der Waals surface area contributed by atoms with E-state index in [0.717, 1.165) is 19.4 Å². The van der Waals surface area contributed by atoms with Crippen LogP contribution in [0.15, 0.2) is 18.2 Å². The van der Waals surface area contributed by atoms with E-state index in [-0.39, 0.29) is 0 Å². The van der Waals surface area contributed by atoms with Gasteiger partial charge in [-0.1, -0.05) is 39.0 Å². The van der Waals surface area contributed by atoms with Gasteiger partial charge in [-0.2, -0.15) is 0 Å². The van der Waals surface area contributed by atoms with Crippen molar-refractivity contribution in [1.82, 2.24) is 4.98 Å². The highest BCUT2D eigenvalue weighted by Gasteiger charge is 2.20. The molecule has 1 aliphatic carbocycles. The van der Waals surface area contributed by atoms with Gasteiger partial charge in [-0.05, 0) is 42.7 Å². The second kappa shape index (κ2) is 5.43. The molecule has 2 heteroatoms. The predicted molar refractivity (Wildman–Crippen MR) is 86.6 cm³/mol. The molecule has 2 aromatic rings. The molecule has 2 nitrogen and oxygen atoms in total. The lowest BCUT2D eigenvalue weighted by Gasteiger charge is -2.17. The predicted octanol–water partition coefficient (Wildman–Crippen LogP) is 4.67. The molecule has 0 saturated carbocycles. The Hall–Kier alpha value is -1.57. The summed E-state index contributed by atoms with van der Waals surface area (Å²) < 4.78 is 0. The minimum Gasteiger partial charge on any atom is -0.384 e. The second-order valence-electron chi connectivity index (χ2n) is 6.09. The highest BCUT2D eigenvalue weighted by molar-refractivity contribution is 5.95. The highest BCUT2D eigenvalue weighted by atomic mass is 14.9. The van der Waals surface area contributed by atoms with Crippen LogP contribution in [0.2, 0.25) is 0 Å². The van der Waals surface area contributed by atoms with Crippen LogP contribution in [0.25, 0.3) is 10.9 Å². The molecule has 1 N–H and O–H groups in total. The number of hydrogen-bond acceptors (Lipinski definition) is 2. The van der Waals surface area contributed by atoms with E-state index < -0.39 is 0 Å². The first-order chi connectivity index (χ1) is 9.72. The first kappa shape index (κ1) is 13.4. The van der Waals surface area contributed by atoms with Crippen LogP contribution in [0.1, 0.15) is 56.4 Å². The van der Waals surface area contributed by atoms with Crippen molar-refractivity contribution < 1.29 is 0 Å². The topological polar surface area (TPSA) is 24.9 Å². The van der Waals surface area contributed by atoms with Crippen molar-refractivity contribution >= 4 is 16.6 Å². The maximum Gasteiger partial charge on any atom is 0.0760 e. The van der Waals surface area contributed by atoms with Crippen LogP contribution in [0, 0.1) is 0 Å². The van der Waals surface area contributed by atoms with Crippen LogP contribution >= 0.6 is 0 Å². The van der Waals surface area contributed by atoms with Crippen molar-refractivity contribution in [3.63, 3.8) is 0 Å². The molecule has 3 rings (SSSR count). The fourth-order valence-electron chi connectivity index (χ4n) is 3.22. The molecule has 0 saturated heterocycles. The summed E-state index contributed by atoms with van der Waals surface area (Å²) in [7, 11) is 0. The van der Waals surface area contributed by atoms with Crippen LogP contribution in [-0.2, 0) is 12.8 Å². The molecule has 106 valence electrons. The Labute approximate surface area is 121 Å². The van der Waals surface area contributed by atoms with E-state index in [1.807, 2.05) is 0 Å². The minimum atomic E-state index is 0.518. The number of nitrogens with one attached hydrogen (secondary N) is 1. The molecule has 0 atom stereocenters. The van der Waals surface area contributed by atoms with Gasteiger partial charge in [0, 0.05) is 23.3 Å². The smallest absolute Gasteiger partial charge is 0.0760 e. The van der Waals surface area contributed by atoms with Gasteiger partial charge >= 0.3 is 0 Å². The molecule has 0 unspecified atom stereocenters. The average Bonchev–Trinajstić information content (AvgIpc) is 2.90. The molecule has 1 aromatic heterocycles. The summed E-state index contributed by atoms with van der Waals surface area (Å²) >= 11 is 0. The Morgan fingerprint density at radius 3 is 2.85 bits per heavy atom. The van der Waals surface area contributed by atoms with Crippen molar-refractivity contribution in [2.75, 3.05) is 11.9 Å². The molecule has 0 fully saturated rings. The molecule has 1 heterocycles. The Morgan fingerprint density at radius 2 is 2.10 bits per heavy atom. The molecule has 0 amide bonds. The fraction of sp³-hybridized carbons (Fsp3) is 0.500. The van der Waals surface area contributed by atoms with E-state index >= 15 is 0 Å². The monoisotopic (exact) mass is 268 g/mol. The van der Waals surface area contributed by atoms with Crippen molar-refractivity contribution in [2.24, 2.45) is 0 Å². The summed E-state index contributed by atoms with van der Waals surface area (Å²) in [5.74, 6) is 0.518. The van der Waals surface area contributed by atoms with Gasteiger partial charge in [-0.25, -0.2) is 0 Å². The summed E-state index contributed by atoms with van der Waals surface area (Å²) in [6.07, 6.45) is 4.72. The first-order valence-electron chi connectivity index (χ1n) is 7.90.